The lowest BCUT2D eigenvalue weighted by molar-refractivity contribution is -0.385. The van der Waals surface area contributed by atoms with Gasteiger partial charge in [-0.1, -0.05) is 42.0 Å². The summed E-state index contributed by atoms with van der Waals surface area (Å²) in [6.07, 6.45) is 0. The van der Waals surface area contributed by atoms with Crippen LogP contribution in [0.15, 0.2) is 42.5 Å². The molecule has 0 saturated carbocycles. The monoisotopic (exact) mass is 284 g/mol. The Morgan fingerprint density at radius 2 is 1.95 bits per heavy atom. The number of benzene rings is 2. The molecule has 0 aliphatic carbocycles. The number of rotatable bonds is 5. The molecule has 0 saturated heterocycles. The number of nitrogens with one attached hydrogen (secondary N) is 1. The molecule has 0 aliphatic rings. The Balaban J connectivity index is 2.06. The number of nitro groups is 1. The van der Waals surface area contributed by atoms with Gasteiger partial charge in [-0.3, -0.25) is 10.1 Å². The number of nitro benzene ring substituents is 1. The highest BCUT2D eigenvalue weighted by Crippen LogP contribution is 2.20. The zero-order chi connectivity index (χ0) is 15.4. The van der Waals surface area contributed by atoms with Gasteiger partial charge >= 0.3 is 0 Å². The molecule has 0 spiro atoms. The summed E-state index contributed by atoms with van der Waals surface area (Å²) in [6.45, 7) is 6.53. The van der Waals surface area contributed by atoms with Gasteiger partial charge < -0.3 is 5.32 Å². The van der Waals surface area contributed by atoms with E-state index in [1.165, 1.54) is 11.1 Å². The van der Waals surface area contributed by atoms with Gasteiger partial charge in [0.2, 0.25) is 0 Å². The topological polar surface area (TPSA) is 55.2 Å². The molecule has 0 fully saturated rings. The third-order valence-electron chi connectivity index (χ3n) is 3.62. The molecule has 1 N–H and O–H groups in total. The van der Waals surface area contributed by atoms with Crippen molar-refractivity contribution in [2.75, 3.05) is 0 Å². The second-order valence-corrected chi connectivity index (χ2v) is 5.39. The molecule has 1 atom stereocenters. The molecule has 2 aromatic rings. The minimum atomic E-state index is -0.331. The molecular weight excluding hydrogens is 264 g/mol. The molecule has 4 nitrogen and oxygen atoms in total. The van der Waals surface area contributed by atoms with Crippen molar-refractivity contribution in [3.63, 3.8) is 0 Å². The van der Waals surface area contributed by atoms with Gasteiger partial charge in [0, 0.05) is 24.2 Å². The van der Waals surface area contributed by atoms with Crippen molar-refractivity contribution >= 4 is 5.69 Å². The summed E-state index contributed by atoms with van der Waals surface area (Å²) in [5.74, 6) is 0. The summed E-state index contributed by atoms with van der Waals surface area (Å²) in [5.41, 5.74) is 4.24. The second-order valence-electron chi connectivity index (χ2n) is 5.39. The van der Waals surface area contributed by atoms with E-state index in [2.05, 4.69) is 37.4 Å². The Kier molecular flexibility index (Phi) is 4.70. The highest BCUT2D eigenvalue weighted by molar-refractivity contribution is 5.42. The van der Waals surface area contributed by atoms with Crippen LogP contribution >= 0.6 is 0 Å². The first kappa shape index (κ1) is 15.2. The Bertz CT molecular complexity index is 653. The molecular formula is C17H20N2O2. The van der Waals surface area contributed by atoms with Gasteiger partial charge in [0.15, 0.2) is 0 Å². The van der Waals surface area contributed by atoms with E-state index < -0.39 is 0 Å². The molecule has 0 bridgehead atoms. The van der Waals surface area contributed by atoms with Crippen LogP contribution in [0.5, 0.6) is 0 Å². The fourth-order valence-corrected chi connectivity index (χ4v) is 2.29. The zero-order valence-corrected chi connectivity index (χ0v) is 12.6. The summed E-state index contributed by atoms with van der Waals surface area (Å²) < 4.78 is 0. The van der Waals surface area contributed by atoms with Crippen molar-refractivity contribution in [3.8, 4) is 0 Å². The standard InChI is InChI=1S/C17H20N2O2/c1-12-5-4-6-16(9-12)14(3)18-11-15-8-7-13(2)17(10-15)19(20)21/h4-10,14,18H,11H2,1-3H3/t14-/m0/s1. The van der Waals surface area contributed by atoms with Crippen LogP contribution in [0.25, 0.3) is 0 Å². The van der Waals surface area contributed by atoms with Crippen molar-refractivity contribution in [3.05, 3.63) is 74.8 Å². The molecule has 0 aromatic heterocycles. The number of aryl methyl sites for hydroxylation is 2. The first-order valence-electron chi connectivity index (χ1n) is 7.01. The maximum absolute atomic E-state index is 11.0. The molecule has 0 amide bonds. The quantitative estimate of drug-likeness (QED) is 0.665. The molecule has 0 radical (unpaired) electrons. The van der Waals surface area contributed by atoms with Gasteiger partial charge in [-0.25, -0.2) is 0 Å². The smallest absolute Gasteiger partial charge is 0.272 e. The van der Waals surface area contributed by atoms with Crippen LogP contribution in [0, 0.1) is 24.0 Å². The summed E-state index contributed by atoms with van der Waals surface area (Å²) in [4.78, 5) is 10.6. The van der Waals surface area contributed by atoms with E-state index in [1.807, 2.05) is 12.1 Å². The van der Waals surface area contributed by atoms with E-state index in [0.29, 0.717) is 12.1 Å². The Labute approximate surface area is 125 Å². The largest absolute Gasteiger partial charge is 0.306 e. The fraction of sp³-hybridized carbons (Fsp3) is 0.294. The lowest BCUT2D eigenvalue weighted by Gasteiger charge is -2.15. The third kappa shape index (κ3) is 3.89. The van der Waals surface area contributed by atoms with E-state index in [-0.39, 0.29) is 16.7 Å². The van der Waals surface area contributed by atoms with Gasteiger partial charge in [0.25, 0.3) is 5.69 Å². The van der Waals surface area contributed by atoms with E-state index in [1.54, 1.807) is 19.1 Å². The van der Waals surface area contributed by atoms with E-state index in [9.17, 15) is 10.1 Å². The van der Waals surface area contributed by atoms with Crippen LogP contribution in [0.4, 0.5) is 5.69 Å². The molecule has 4 heteroatoms. The van der Waals surface area contributed by atoms with Crippen LogP contribution in [0.3, 0.4) is 0 Å². The Hall–Kier alpha value is -2.20. The first-order chi connectivity index (χ1) is 9.97. The molecule has 110 valence electrons. The van der Waals surface area contributed by atoms with E-state index >= 15 is 0 Å². The highest BCUT2D eigenvalue weighted by atomic mass is 16.6. The van der Waals surface area contributed by atoms with Crippen LogP contribution in [0.1, 0.15) is 35.2 Å². The van der Waals surface area contributed by atoms with Gasteiger partial charge in [-0.05, 0) is 31.9 Å². The summed E-state index contributed by atoms with van der Waals surface area (Å²) >= 11 is 0. The van der Waals surface area contributed by atoms with Gasteiger partial charge in [0.1, 0.15) is 0 Å². The van der Waals surface area contributed by atoms with Gasteiger partial charge in [-0.15, -0.1) is 0 Å². The lowest BCUT2D eigenvalue weighted by atomic mass is 10.1. The number of hydrogen-bond acceptors (Lipinski definition) is 3. The molecule has 21 heavy (non-hydrogen) atoms. The zero-order valence-electron chi connectivity index (χ0n) is 12.6. The summed E-state index contributed by atoms with van der Waals surface area (Å²) in [7, 11) is 0. The maximum Gasteiger partial charge on any atom is 0.272 e. The summed E-state index contributed by atoms with van der Waals surface area (Å²) in [6, 6.07) is 13.9. The molecule has 2 aromatic carbocycles. The van der Waals surface area contributed by atoms with Crippen LogP contribution in [0.2, 0.25) is 0 Å². The SMILES string of the molecule is Cc1cccc([C@H](C)NCc2ccc(C)c([N+](=O)[O-])c2)c1. The van der Waals surface area contributed by atoms with Gasteiger partial charge in [-0.2, -0.15) is 0 Å². The first-order valence-corrected chi connectivity index (χ1v) is 7.01. The number of hydrogen-bond donors (Lipinski definition) is 1. The van der Waals surface area contributed by atoms with Crippen molar-refractivity contribution in [1.82, 2.24) is 5.32 Å². The second kappa shape index (κ2) is 6.50. The molecule has 0 heterocycles. The van der Waals surface area contributed by atoms with Crippen molar-refractivity contribution < 1.29 is 4.92 Å². The average molecular weight is 284 g/mol. The Morgan fingerprint density at radius 1 is 1.19 bits per heavy atom. The van der Waals surface area contributed by atoms with E-state index in [4.69, 9.17) is 0 Å². The maximum atomic E-state index is 11.0. The fourth-order valence-electron chi connectivity index (χ4n) is 2.29. The minimum absolute atomic E-state index is 0.178. The minimum Gasteiger partial charge on any atom is -0.306 e. The molecule has 2 rings (SSSR count). The Morgan fingerprint density at radius 3 is 2.62 bits per heavy atom. The molecule has 0 aliphatic heterocycles. The predicted molar refractivity (Wildman–Crippen MR) is 84.3 cm³/mol. The van der Waals surface area contributed by atoms with Crippen LogP contribution < -0.4 is 5.32 Å². The summed E-state index contributed by atoms with van der Waals surface area (Å²) in [5, 5.41) is 14.4. The van der Waals surface area contributed by atoms with Crippen molar-refractivity contribution in [2.24, 2.45) is 0 Å². The van der Waals surface area contributed by atoms with E-state index in [0.717, 1.165) is 5.56 Å². The van der Waals surface area contributed by atoms with Crippen molar-refractivity contribution in [1.29, 1.82) is 0 Å². The highest BCUT2D eigenvalue weighted by Gasteiger charge is 2.11. The van der Waals surface area contributed by atoms with Crippen LogP contribution in [-0.4, -0.2) is 4.92 Å². The number of nitrogens with zero attached hydrogens (tertiary/aromatic N) is 1. The van der Waals surface area contributed by atoms with Gasteiger partial charge in [0.05, 0.1) is 4.92 Å². The lowest BCUT2D eigenvalue weighted by Crippen LogP contribution is -2.18. The third-order valence-corrected chi connectivity index (χ3v) is 3.62. The van der Waals surface area contributed by atoms with Crippen LogP contribution in [-0.2, 0) is 6.54 Å². The molecule has 0 unspecified atom stereocenters. The normalized spacial score (nSPS) is 12.1. The average Bonchev–Trinajstić information content (AvgIpc) is 2.45. The predicted octanol–water partition coefficient (Wildman–Crippen LogP) is 4.06. The van der Waals surface area contributed by atoms with Crippen molar-refractivity contribution in [2.45, 2.75) is 33.4 Å².